The average Bonchev–Trinajstić information content (AvgIpc) is 3.21. The first-order chi connectivity index (χ1) is 15.1. The molecule has 9 heteroatoms. The summed E-state index contributed by atoms with van der Waals surface area (Å²) in [5.74, 6) is 3.15. The Balaban J connectivity index is 1.45. The Labute approximate surface area is 194 Å². The highest BCUT2D eigenvalue weighted by Crippen LogP contribution is 2.31. The van der Waals surface area contributed by atoms with Crippen LogP contribution in [0.25, 0.3) is 0 Å². The van der Waals surface area contributed by atoms with Crippen LogP contribution in [0.15, 0.2) is 17.1 Å². The summed E-state index contributed by atoms with van der Waals surface area (Å²) in [6, 6.07) is 1.57. The standard InChI is InChI=1S/C22H37N3O4S2/c1-2-30-15-11-9-7-5-3-4-6-8-10-12-20(26)28-16-21-29-19(17-31-21)25-14-13-18(23)24-22(25)27/h13-14,19,21H,2-12,15-17H2,1H3,(H2,23,24,27)/t19-,21+/m1/s1. The number of nitrogen functional groups attached to an aromatic ring is 1. The van der Waals surface area contributed by atoms with E-state index in [0.29, 0.717) is 12.2 Å². The molecule has 31 heavy (non-hydrogen) atoms. The monoisotopic (exact) mass is 471 g/mol. The van der Waals surface area contributed by atoms with Gasteiger partial charge in [-0.1, -0.05) is 51.9 Å². The largest absolute Gasteiger partial charge is 0.462 e. The molecule has 0 saturated carbocycles. The van der Waals surface area contributed by atoms with Crippen molar-refractivity contribution >= 4 is 35.3 Å². The number of nitrogens with zero attached hydrogens (tertiary/aromatic N) is 2. The minimum Gasteiger partial charge on any atom is -0.462 e. The van der Waals surface area contributed by atoms with E-state index in [1.165, 1.54) is 72.8 Å². The highest BCUT2D eigenvalue weighted by Gasteiger charge is 2.29. The second-order valence-electron chi connectivity index (χ2n) is 7.71. The lowest BCUT2D eigenvalue weighted by atomic mass is 10.1. The van der Waals surface area contributed by atoms with Crippen LogP contribution >= 0.6 is 23.5 Å². The van der Waals surface area contributed by atoms with Crippen LogP contribution in [0.1, 0.15) is 77.4 Å². The van der Waals surface area contributed by atoms with Gasteiger partial charge in [0.1, 0.15) is 24.1 Å². The van der Waals surface area contributed by atoms with Crippen LogP contribution in [0.5, 0.6) is 0 Å². The molecular weight excluding hydrogens is 434 g/mol. The third-order valence-corrected chi connectivity index (χ3v) is 7.23. The number of rotatable bonds is 16. The zero-order valence-electron chi connectivity index (χ0n) is 18.6. The van der Waals surface area contributed by atoms with E-state index in [4.69, 9.17) is 15.2 Å². The Morgan fingerprint density at radius 3 is 2.58 bits per heavy atom. The van der Waals surface area contributed by atoms with E-state index in [9.17, 15) is 9.59 Å². The third-order valence-electron chi connectivity index (χ3n) is 5.15. The van der Waals surface area contributed by atoms with Crippen molar-refractivity contribution in [2.75, 3.05) is 29.6 Å². The summed E-state index contributed by atoms with van der Waals surface area (Å²) < 4.78 is 12.6. The minimum absolute atomic E-state index is 0.177. The van der Waals surface area contributed by atoms with E-state index < -0.39 is 11.9 Å². The van der Waals surface area contributed by atoms with E-state index in [1.54, 1.807) is 12.3 Å². The fraction of sp³-hybridized carbons (Fsp3) is 0.773. The number of nitrogens with two attached hydrogens (primary N) is 1. The number of unbranched alkanes of at least 4 members (excludes halogenated alkanes) is 8. The van der Waals surface area contributed by atoms with Crippen LogP contribution in [0.3, 0.4) is 0 Å². The summed E-state index contributed by atoms with van der Waals surface area (Å²) in [5.41, 5.74) is 4.81. The lowest BCUT2D eigenvalue weighted by molar-refractivity contribution is -0.147. The first kappa shape index (κ1) is 26.1. The van der Waals surface area contributed by atoms with Gasteiger partial charge in [-0.2, -0.15) is 16.7 Å². The van der Waals surface area contributed by atoms with Crippen molar-refractivity contribution in [1.82, 2.24) is 9.55 Å². The van der Waals surface area contributed by atoms with Gasteiger partial charge in [-0.3, -0.25) is 9.36 Å². The Kier molecular flexibility index (Phi) is 13.1. The Morgan fingerprint density at radius 1 is 1.23 bits per heavy atom. The fourth-order valence-electron chi connectivity index (χ4n) is 3.41. The van der Waals surface area contributed by atoms with Crippen molar-refractivity contribution in [3.63, 3.8) is 0 Å². The first-order valence-corrected chi connectivity index (χ1v) is 13.7. The van der Waals surface area contributed by atoms with Crippen molar-refractivity contribution in [2.45, 2.75) is 82.8 Å². The zero-order valence-corrected chi connectivity index (χ0v) is 20.3. The SMILES string of the molecule is CCSCCCCCCCCCCCC(=O)OC[C@H]1O[C@@H](n2ccc(N)nc2=O)CS1. The molecule has 0 aromatic carbocycles. The van der Waals surface area contributed by atoms with Crippen molar-refractivity contribution < 1.29 is 14.3 Å². The molecule has 0 amide bonds. The molecule has 1 aromatic heterocycles. The number of hydrogen-bond acceptors (Lipinski definition) is 8. The maximum Gasteiger partial charge on any atom is 0.351 e. The highest BCUT2D eigenvalue weighted by molar-refractivity contribution is 8.00. The molecule has 1 aliphatic heterocycles. The number of carbonyl (C=O) groups excluding carboxylic acids is 1. The molecule has 0 bridgehead atoms. The van der Waals surface area contributed by atoms with Gasteiger partial charge in [0.2, 0.25) is 0 Å². The van der Waals surface area contributed by atoms with Crippen molar-refractivity contribution in [3.05, 3.63) is 22.7 Å². The molecule has 1 aromatic rings. The molecule has 0 spiro atoms. The van der Waals surface area contributed by atoms with Crippen LogP contribution in [0, 0.1) is 0 Å². The molecule has 0 radical (unpaired) electrons. The second-order valence-corrected chi connectivity index (χ2v) is 10.3. The molecular formula is C22H37N3O4S2. The lowest BCUT2D eigenvalue weighted by Crippen LogP contribution is -2.29. The summed E-state index contributed by atoms with van der Waals surface area (Å²) >= 11 is 3.56. The topological polar surface area (TPSA) is 96.4 Å². The number of anilines is 1. The molecule has 2 rings (SSSR count). The Morgan fingerprint density at radius 2 is 1.90 bits per heavy atom. The van der Waals surface area contributed by atoms with Crippen molar-refractivity contribution in [3.8, 4) is 0 Å². The second kappa shape index (κ2) is 15.6. The summed E-state index contributed by atoms with van der Waals surface area (Å²) in [6.45, 7) is 2.42. The number of ether oxygens (including phenoxy) is 2. The van der Waals surface area contributed by atoms with Crippen molar-refractivity contribution in [2.24, 2.45) is 0 Å². The van der Waals surface area contributed by atoms with Gasteiger partial charge in [0, 0.05) is 18.4 Å². The van der Waals surface area contributed by atoms with Crippen LogP contribution in [-0.2, 0) is 14.3 Å². The van der Waals surface area contributed by atoms with Crippen LogP contribution in [0.2, 0.25) is 0 Å². The number of esters is 1. The predicted octanol–water partition coefficient (Wildman–Crippen LogP) is 4.61. The van der Waals surface area contributed by atoms with E-state index in [0.717, 1.165) is 12.8 Å². The molecule has 7 nitrogen and oxygen atoms in total. The van der Waals surface area contributed by atoms with Gasteiger partial charge in [0.15, 0.2) is 0 Å². The first-order valence-electron chi connectivity index (χ1n) is 11.4. The molecule has 1 fully saturated rings. The number of thioether (sulfide) groups is 2. The van der Waals surface area contributed by atoms with Gasteiger partial charge in [-0.15, -0.1) is 11.8 Å². The molecule has 0 unspecified atom stereocenters. The van der Waals surface area contributed by atoms with Gasteiger partial charge in [-0.25, -0.2) is 4.79 Å². The molecule has 0 aliphatic carbocycles. The normalized spacial score (nSPS) is 18.4. The summed E-state index contributed by atoms with van der Waals surface area (Å²) in [6.07, 6.45) is 12.7. The van der Waals surface area contributed by atoms with E-state index in [2.05, 4.69) is 11.9 Å². The number of carbonyl (C=O) groups is 1. The van der Waals surface area contributed by atoms with Gasteiger partial charge in [-0.05, 0) is 30.4 Å². The fourth-order valence-corrected chi connectivity index (χ4v) is 5.10. The Hall–Kier alpha value is -1.19. The maximum absolute atomic E-state index is 12.0. The van der Waals surface area contributed by atoms with Crippen LogP contribution in [0.4, 0.5) is 5.82 Å². The van der Waals surface area contributed by atoms with Crippen LogP contribution in [-0.4, -0.2) is 44.8 Å². The highest BCUT2D eigenvalue weighted by atomic mass is 32.2. The molecule has 2 atom stereocenters. The molecule has 176 valence electrons. The predicted molar refractivity (Wildman–Crippen MR) is 129 cm³/mol. The van der Waals surface area contributed by atoms with Crippen LogP contribution < -0.4 is 11.4 Å². The van der Waals surface area contributed by atoms with Gasteiger partial charge < -0.3 is 15.2 Å². The zero-order chi connectivity index (χ0) is 22.3. The van der Waals surface area contributed by atoms with E-state index in [1.807, 2.05) is 11.8 Å². The summed E-state index contributed by atoms with van der Waals surface area (Å²) in [4.78, 5) is 27.6. The molecule has 2 heterocycles. The average molecular weight is 472 g/mol. The van der Waals surface area contributed by atoms with E-state index >= 15 is 0 Å². The molecule has 2 N–H and O–H groups in total. The quantitative estimate of drug-likeness (QED) is 0.276. The summed E-state index contributed by atoms with van der Waals surface area (Å²) in [7, 11) is 0. The maximum atomic E-state index is 12.0. The minimum atomic E-state index is -0.436. The van der Waals surface area contributed by atoms with Gasteiger partial charge in [0.05, 0.1) is 0 Å². The van der Waals surface area contributed by atoms with E-state index in [-0.39, 0.29) is 23.8 Å². The number of hydrogen-bond donors (Lipinski definition) is 1. The van der Waals surface area contributed by atoms with Gasteiger partial charge >= 0.3 is 11.7 Å². The summed E-state index contributed by atoms with van der Waals surface area (Å²) in [5, 5.41) is 0. The smallest absolute Gasteiger partial charge is 0.351 e. The van der Waals surface area contributed by atoms with Crippen molar-refractivity contribution in [1.29, 1.82) is 0 Å². The molecule has 1 saturated heterocycles. The number of aromatic nitrogens is 2. The molecule has 1 aliphatic rings. The van der Waals surface area contributed by atoms with Gasteiger partial charge in [0.25, 0.3) is 0 Å². The lowest BCUT2D eigenvalue weighted by Gasteiger charge is -2.14. The third kappa shape index (κ3) is 10.8. The Bertz CT molecular complexity index is 702.